The van der Waals surface area contributed by atoms with Gasteiger partial charge in [-0.05, 0) is 25.1 Å². The largest absolute Gasteiger partial charge is 0.422 e. The molecule has 4 atom stereocenters. The van der Waals surface area contributed by atoms with E-state index in [9.17, 15) is 24.0 Å². The second-order valence-corrected chi connectivity index (χ2v) is 7.47. The number of imide groups is 1. The number of hydrogen-bond donors (Lipinski definition) is 0. The number of carbonyl (C=O) groups is 5. The van der Waals surface area contributed by atoms with E-state index in [4.69, 9.17) is 14.2 Å². The average molecular weight is 413 g/mol. The second-order valence-electron chi connectivity index (χ2n) is 7.47. The van der Waals surface area contributed by atoms with E-state index < -0.39 is 53.6 Å². The summed E-state index contributed by atoms with van der Waals surface area (Å²) < 4.78 is 16.2. The Morgan fingerprint density at radius 1 is 1.07 bits per heavy atom. The van der Waals surface area contributed by atoms with E-state index in [0.29, 0.717) is 5.56 Å². The smallest absolute Gasteiger partial charge is 0.305 e. The van der Waals surface area contributed by atoms with Crippen molar-refractivity contribution in [1.82, 2.24) is 0 Å². The summed E-state index contributed by atoms with van der Waals surface area (Å²) in [6, 6.07) is 6.20. The standard InChI is InChI=1S/C21H19NO8/c1-10(23)13-5-4-6-14(9-13)22-18(26)16-15-7-8-21(30-15,17(16)19(22)27)20(28-11(2)24)29-12(3)25/h4-9,15-17,20H,1-3H3/t15-,16-,17+,21+/m0/s1. The lowest BCUT2D eigenvalue weighted by Gasteiger charge is -2.34. The highest BCUT2D eigenvalue weighted by Gasteiger charge is 2.72. The Hall–Kier alpha value is -3.33. The molecule has 0 radical (unpaired) electrons. The number of esters is 2. The molecule has 156 valence electrons. The summed E-state index contributed by atoms with van der Waals surface area (Å²) in [4.78, 5) is 62.5. The van der Waals surface area contributed by atoms with E-state index >= 15 is 0 Å². The average Bonchev–Trinajstić information content (AvgIpc) is 3.32. The molecule has 9 nitrogen and oxygen atoms in total. The van der Waals surface area contributed by atoms with Crippen molar-refractivity contribution < 1.29 is 38.2 Å². The Kier molecular flexibility index (Phi) is 4.58. The number of Topliss-reactive ketones (excluding diaryl/α,β-unsaturated/α-hetero) is 1. The summed E-state index contributed by atoms with van der Waals surface area (Å²) in [5, 5.41) is 0. The minimum atomic E-state index is -1.60. The first-order chi connectivity index (χ1) is 14.2. The molecule has 0 spiro atoms. The first-order valence-electron chi connectivity index (χ1n) is 9.36. The number of nitrogens with zero attached hydrogens (tertiary/aromatic N) is 1. The number of anilines is 1. The van der Waals surface area contributed by atoms with Gasteiger partial charge in [-0.25, -0.2) is 4.90 Å². The lowest BCUT2D eigenvalue weighted by atomic mass is 9.76. The van der Waals surface area contributed by atoms with E-state index in [2.05, 4.69) is 0 Å². The molecule has 3 aliphatic heterocycles. The fourth-order valence-electron chi connectivity index (χ4n) is 4.34. The van der Waals surface area contributed by atoms with Gasteiger partial charge in [0.25, 0.3) is 6.29 Å². The van der Waals surface area contributed by atoms with E-state index in [1.165, 1.54) is 19.1 Å². The third-order valence-electron chi connectivity index (χ3n) is 5.50. The third kappa shape index (κ3) is 2.85. The SMILES string of the molecule is CC(=O)OC(OC(C)=O)[C@]12C=C[C@H](O1)[C@@H]1C(=O)N(c3cccc(C(C)=O)c3)C(=O)[C@@H]12. The van der Waals surface area contributed by atoms with Crippen LogP contribution in [0.25, 0.3) is 0 Å². The quantitative estimate of drug-likeness (QED) is 0.232. The van der Waals surface area contributed by atoms with Gasteiger partial charge in [0.15, 0.2) is 11.4 Å². The van der Waals surface area contributed by atoms with E-state index in [1.54, 1.807) is 24.3 Å². The summed E-state index contributed by atoms with van der Waals surface area (Å²) in [5.74, 6) is -4.66. The fourth-order valence-corrected chi connectivity index (χ4v) is 4.34. The highest BCUT2D eigenvalue weighted by atomic mass is 16.7. The molecule has 0 saturated carbocycles. The molecule has 1 aromatic rings. The summed E-state index contributed by atoms with van der Waals surface area (Å²) in [6.07, 6.45) is 0.850. The zero-order valence-electron chi connectivity index (χ0n) is 16.5. The molecule has 2 amide bonds. The van der Waals surface area contributed by atoms with Crippen molar-refractivity contribution in [2.45, 2.75) is 38.8 Å². The van der Waals surface area contributed by atoms with Crippen LogP contribution in [0.3, 0.4) is 0 Å². The van der Waals surface area contributed by atoms with Crippen molar-refractivity contribution in [2.24, 2.45) is 11.8 Å². The summed E-state index contributed by atoms with van der Waals surface area (Å²) in [7, 11) is 0. The van der Waals surface area contributed by atoms with Crippen LogP contribution in [0.15, 0.2) is 36.4 Å². The predicted octanol–water partition coefficient (Wildman–Crippen LogP) is 1.15. The number of hydrogen-bond acceptors (Lipinski definition) is 8. The second kappa shape index (κ2) is 6.88. The van der Waals surface area contributed by atoms with Gasteiger partial charge in [-0.1, -0.05) is 18.2 Å². The van der Waals surface area contributed by atoms with Crippen molar-refractivity contribution in [3.8, 4) is 0 Å². The predicted molar refractivity (Wildman–Crippen MR) is 100.0 cm³/mol. The van der Waals surface area contributed by atoms with Crippen molar-refractivity contribution >= 4 is 35.2 Å². The molecule has 2 bridgehead atoms. The maximum atomic E-state index is 13.4. The number of ketones is 1. The first kappa shape index (κ1) is 20.0. The first-order valence-corrected chi connectivity index (χ1v) is 9.36. The zero-order chi connectivity index (χ0) is 21.8. The Bertz CT molecular complexity index is 998. The molecule has 2 saturated heterocycles. The van der Waals surface area contributed by atoms with E-state index in [1.807, 2.05) is 0 Å². The number of carbonyl (C=O) groups excluding carboxylic acids is 5. The van der Waals surface area contributed by atoms with Crippen LogP contribution in [0.2, 0.25) is 0 Å². The number of amides is 2. The maximum absolute atomic E-state index is 13.4. The lowest BCUT2D eigenvalue weighted by molar-refractivity contribution is -0.226. The van der Waals surface area contributed by atoms with Crippen LogP contribution in [-0.2, 0) is 33.4 Å². The van der Waals surface area contributed by atoms with Crippen LogP contribution in [0.4, 0.5) is 5.69 Å². The molecule has 9 heteroatoms. The highest BCUT2D eigenvalue weighted by Crippen LogP contribution is 2.54. The molecule has 0 aromatic heterocycles. The van der Waals surface area contributed by atoms with E-state index in [0.717, 1.165) is 18.7 Å². The third-order valence-corrected chi connectivity index (χ3v) is 5.50. The fraction of sp³-hybridized carbons (Fsp3) is 0.381. The van der Waals surface area contributed by atoms with Crippen LogP contribution in [0, 0.1) is 11.8 Å². The Morgan fingerprint density at radius 2 is 1.73 bits per heavy atom. The molecule has 0 aliphatic carbocycles. The minimum Gasteiger partial charge on any atom is -0.422 e. The van der Waals surface area contributed by atoms with Crippen molar-refractivity contribution in [2.75, 3.05) is 4.90 Å². The molecule has 3 heterocycles. The lowest BCUT2D eigenvalue weighted by Crippen LogP contribution is -2.52. The number of fused-ring (bicyclic) bond motifs is 5. The van der Waals surface area contributed by atoms with Crippen molar-refractivity contribution in [1.29, 1.82) is 0 Å². The van der Waals surface area contributed by atoms with Crippen LogP contribution >= 0.6 is 0 Å². The molecule has 3 aliphatic rings. The Balaban J connectivity index is 1.75. The van der Waals surface area contributed by atoms with Gasteiger partial charge in [0.05, 0.1) is 23.6 Å². The molecular formula is C21H19NO8. The van der Waals surface area contributed by atoms with Crippen LogP contribution in [-0.4, -0.2) is 47.5 Å². The van der Waals surface area contributed by atoms with Gasteiger partial charge in [0.2, 0.25) is 11.8 Å². The molecule has 4 rings (SSSR count). The molecule has 30 heavy (non-hydrogen) atoms. The Morgan fingerprint density at radius 3 is 2.33 bits per heavy atom. The molecule has 0 N–H and O–H groups in total. The molecule has 0 unspecified atom stereocenters. The normalized spacial score (nSPS) is 28.8. The van der Waals surface area contributed by atoms with Crippen LogP contribution in [0.5, 0.6) is 0 Å². The maximum Gasteiger partial charge on any atom is 0.305 e. The minimum absolute atomic E-state index is 0.206. The van der Waals surface area contributed by atoms with Gasteiger partial charge in [-0.2, -0.15) is 0 Å². The summed E-state index contributed by atoms with van der Waals surface area (Å²) in [5.41, 5.74) is -0.986. The summed E-state index contributed by atoms with van der Waals surface area (Å²) in [6.45, 7) is 3.66. The monoisotopic (exact) mass is 413 g/mol. The van der Waals surface area contributed by atoms with Crippen molar-refractivity contribution in [3.63, 3.8) is 0 Å². The molecule has 1 aromatic carbocycles. The van der Waals surface area contributed by atoms with E-state index in [-0.39, 0.29) is 11.5 Å². The van der Waals surface area contributed by atoms with Crippen molar-refractivity contribution in [3.05, 3.63) is 42.0 Å². The van der Waals surface area contributed by atoms with Gasteiger partial charge in [-0.3, -0.25) is 24.0 Å². The highest BCUT2D eigenvalue weighted by molar-refractivity contribution is 6.23. The number of rotatable bonds is 5. The topological polar surface area (TPSA) is 116 Å². The summed E-state index contributed by atoms with van der Waals surface area (Å²) >= 11 is 0. The van der Waals surface area contributed by atoms with Gasteiger partial charge in [0.1, 0.15) is 0 Å². The molecular weight excluding hydrogens is 394 g/mol. The van der Waals surface area contributed by atoms with Gasteiger partial charge in [-0.15, -0.1) is 0 Å². The van der Waals surface area contributed by atoms with Gasteiger partial charge < -0.3 is 14.2 Å². The van der Waals surface area contributed by atoms with Crippen LogP contribution < -0.4 is 4.90 Å². The van der Waals surface area contributed by atoms with Gasteiger partial charge >= 0.3 is 11.9 Å². The number of ether oxygens (including phenoxy) is 3. The molecule has 2 fully saturated rings. The van der Waals surface area contributed by atoms with Crippen LogP contribution in [0.1, 0.15) is 31.1 Å². The Labute approximate surface area is 171 Å². The number of benzene rings is 1. The zero-order valence-corrected chi connectivity index (χ0v) is 16.5. The van der Waals surface area contributed by atoms with Gasteiger partial charge in [0, 0.05) is 19.4 Å².